The quantitative estimate of drug-likeness (QED) is 0.926. The lowest BCUT2D eigenvalue weighted by Crippen LogP contribution is -2.35. The smallest absolute Gasteiger partial charge is 0.336 e. The first-order valence-electron chi connectivity index (χ1n) is 6.67. The van der Waals surface area contributed by atoms with Crippen molar-refractivity contribution in [3.05, 3.63) is 45.4 Å². The zero-order valence-electron chi connectivity index (χ0n) is 11.5. The number of aromatic nitrogens is 1. The molecule has 2 heterocycles. The fraction of sp³-hybridized carbons (Fsp3) is 0.267. The molecule has 0 fully saturated rings. The van der Waals surface area contributed by atoms with Gasteiger partial charge in [0.2, 0.25) is 0 Å². The molecule has 1 N–H and O–H groups in total. The second-order valence-corrected chi connectivity index (χ2v) is 6.15. The molecule has 0 bridgehead atoms. The van der Waals surface area contributed by atoms with Gasteiger partial charge in [0.25, 0.3) is 5.91 Å². The first-order chi connectivity index (χ1) is 10.1. The molecule has 1 aromatic heterocycles. The lowest BCUT2D eigenvalue weighted by molar-refractivity contribution is 0.0695. The maximum Gasteiger partial charge on any atom is 0.336 e. The van der Waals surface area contributed by atoms with Crippen LogP contribution in [-0.2, 0) is 6.42 Å². The minimum atomic E-state index is -0.949. The summed E-state index contributed by atoms with van der Waals surface area (Å²) in [7, 11) is 0. The van der Waals surface area contributed by atoms with Gasteiger partial charge >= 0.3 is 5.97 Å². The molecule has 2 aromatic rings. The number of thiazole rings is 1. The highest BCUT2D eigenvalue weighted by atomic mass is 32.1. The molecule has 3 rings (SSSR count). The molecule has 0 unspecified atom stereocenters. The van der Waals surface area contributed by atoms with Crippen LogP contribution in [-0.4, -0.2) is 28.5 Å². The van der Waals surface area contributed by atoms with Crippen LogP contribution in [0.25, 0.3) is 0 Å². The average Bonchev–Trinajstić information content (AvgIpc) is 2.91. The molecule has 1 aliphatic heterocycles. The van der Waals surface area contributed by atoms with Crippen LogP contribution < -0.4 is 4.90 Å². The summed E-state index contributed by atoms with van der Waals surface area (Å²) in [5.41, 5.74) is 1.73. The topological polar surface area (TPSA) is 70.5 Å². The third kappa shape index (κ3) is 2.42. The molecule has 0 radical (unpaired) electrons. The van der Waals surface area contributed by atoms with Crippen molar-refractivity contribution in [2.24, 2.45) is 0 Å². The molecule has 1 aliphatic rings. The van der Waals surface area contributed by atoms with E-state index >= 15 is 0 Å². The van der Waals surface area contributed by atoms with Crippen molar-refractivity contribution in [1.29, 1.82) is 0 Å². The van der Waals surface area contributed by atoms with Gasteiger partial charge in [0.05, 0.1) is 16.8 Å². The van der Waals surface area contributed by atoms with Crippen LogP contribution in [0, 0.1) is 6.92 Å². The van der Waals surface area contributed by atoms with E-state index in [-0.39, 0.29) is 11.5 Å². The molecule has 108 valence electrons. The number of aryl methyl sites for hydroxylation is 1. The Kier molecular flexibility index (Phi) is 3.47. The molecule has 21 heavy (non-hydrogen) atoms. The Hall–Kier alpha value is -2.21. The summed E-state index contributed by atoms with van der Waals surface area (Å²) in [5, 5.41) is 10.1. The maximum atomic E-state index is 12.6. The van der Waals surface area contributed by atoms with Gasteiger partial charge in [-0.2, -0.15) is 0 Å². The van der Waals surface area contributed by atoms with Crippen molar-refractivity contribution in [3.8, 4) is 0 Å². The Morgan fingerprint density at radius 2 is 2.19 bits per heavy atom. The number of carboxylic acid groups (broad SMARTS) is 1. The van der Waals surface area contributed by atoms with Gasteiger partial charge in [-0.1, -0.05) is 6.07 Å². The number of carbonyl (C=O) groups excluding carboxylic acids is 1. The van der Waals surface area contributed by atoms with Gasteiger partial charge in [0.15, 0.2) is 0 Å². The number of aromatic carboxylic acids is 1. The fourth-order valence-electron chi connectivity index (χ4n) is 2.63. The van der Waals surface area contributed by atoms with E-state index in [0.29, 0.717) is 23.5 Å². The van der Waals surface area contributed by atoms with Gasteiger partial charge < -0.3 is 10.0 Å². The Bertz CT molecular complexity index is 723. The van der Waals surface area contributed by atoms with Crippen LogP contribution in [0.15, 0.2) is 24.4 Å². The Labute approximate surface area is 125 Å². The number of amides is 1. The standard InChI is InChI=1S/C15H14N2O3S/c1-9-16-8-13(21-9)14(18)17-7-3-5-10-11(15(19)20)4-2-6-12(10)17/h2,4,6,8H,3,5,7H2,1H3,(H,19,20). The molecule has 0 spiro atoms. The minimum absolute atomic E-state index is 0.107. The van der Waals surface area contributed by atoms with E-state index in [1.807, 2.05) is 13.0 Å². The highest BCUT2D eigenvalue weighted by molar-refractivity contribution is 7.13. The molecule has 1 amide bonds. The fourth-order valence-corrected chi connectivity index (χ4v) is 3.36. The number of hydrogen-bond acceptors (Lipinski definition) is 4. The Morgan fingerprint density at radius 3 is 2.86 bits per heavy atom. The van der Waals surface area contributed by atoms with E-state index in [9.17, 15) is 14.7 Å². The van der Waals surface area contributed by atoms with Crippen LogP contribution in [0.1, 0.15) is 37.0 Å². The van der Waals surface area contributed by atoms with Crippen LogP contribution in [0.3, 0.4) is 0 Å². The summed E-state index contributed by atoms with van der Waals surface area (Å²) >= 11 is 1.36. The van der Waals surface area contributed by atoms with Gasteiger partial charge in [-0.15, -0.1) is 11.3 Å². The van der Waals surface area contributed by atoms with Gasteiger partial charge in [-0.05, 0) is 37.5 Å². The summed E-state index contributed by atoms with van der Waals surface area (Å²) in [4.78, 5) is 30.3. The third-order valence-electron chi connectivity index (χ3n) is 3.56. The Balaban J connectivity index is 2.03. The van der Waals surface area contributed by atoms with E-state index < -0.39 is 5.97 Å². The zero-order valence-corrected chi connectivity index (χ0v) is 12.3. The molecule has 0 atom stereocenters. The number of carbonyl (C=O) groups is 2. The van der Waals surface area contributed by atoms with Crippen molar-refractivity contribution in [2.75, 3.05) is 11.4 Å². The molecular weight excluding hydrogens is 288 g/mol. The first-order valence-corrected chi connectivity index (χ1v) is 7.49. The van der Waals surface area contributed by atoms with Gasteiger partial charge in [0.1, 0.15) is 4.88 Å². The van der Waals surface area contributed by atoms with E-state index in [1.165, 1.54) is 11.3 Å². The van der Waals surface area contributed by atoms with Crippen molar-refractivity contribution < 1.29 is 14.7 Å². The van der Waals surface area contributed by atoms with Gasteiger partial charge in [-0.25, -0.2) is 9.78 Å². The van der Waals surface area contributed by atoms with Gasteiger partial charge in [-0.3, -0.25) is 4.79 Å². The van der Waals surface area contributed by atoms with Crippen molar-refractivity contribution in [2.45, 2.75) is 19.8 Å². The number of rotatable bonds is 2. The predicted molar refractivity (Wildman–Crippen MR) is 80.2 cm³/mol. The first kappa shape index (κ1) is 13.8. The summed E-state index contributed by atoms with van der Waals surface area (Å²) in [6.45, 7) is 2.46. The normalized spacial score (nSPS) is 13.9. The highest BCUT2D eigenvalue weighted by Gasteiger charge is 2.27. The van der Waals surface area contributed by atoms with Gasteiger partial charge in [0, 0.05) is 12.2 Å². The SMILES string of the molecule is Cc1ncc(C(=O)N2CCCc3c(C(=O)O)cccc32)s1. The number of anilines is 1. The Morgan fingerprint density at radius 1 is 1.38 bits per heavy atom. The molecule has 0 saturated heterocycles. The van der Waals surface area contributed by atoms with E-state index in [0.717, 1.165) is 17.0 Å². The molecule has 1 aromatic carbocycles. The highest BCUT2D eigenvalue weighted by Crippen LogP contribution is 2.31. The minimum Gasteiger partial charge on any atom is -0.478 e. The number of hydrogen-bond donors (Lipinski definition) is 1. The predicted octanol–water partition coefficient (Wildman–Crippen LogP) is 2.74. The van der Waals surface area contributed by atoms with E-state index in [4.69, 9.17) is 0 Å². The monoisotopic (exact) mass is 302 g/mol. The van der Waals surface area contributed by atoms with Crippen LogP contribution in [0.2, 0.25) is 0 Å². The average molecular weight is 302 g/mol. The summed E-state index contributed by atoms with van der Waals surface area (Å²) in [5.74, 6) is -1.06. The summed E-state index contributed by atoms with van der Waals surface area (Å²) < 4.78 is 0. The van der Waals surface area contributed by atoms with Crippen LogP contribution in [0.4, 0.5) is 5.69 Å². The van der Waals surface area contributed by atoms with Crippen molar-refractivity contribution in [3.63, 3.8) is 0 Å². The van der Waals surface area contributed by atoms with Crippen LogP contribution >= 0.6 is 11.3 Å². The van der Waals surface area contributed by atoms with E-state index in [2.05, 4.69) is 4.98 Å². The maximum absolute atomic E-state index is 12.6. The zero-order chi connectivity index (χ0) is 15.0. The molecule has 6 heteroatoms. The second kappa shape index (κ2) is 5.29. The summed E-state index contributed by atoms with van der Waals surface area (Å²) in [6.07, 6.45) is 3.03. The third-order valence-corrected chi connectivity index (χ3v) is 4.46. The molecule has 0 aliphatic carbocycles. The van der Waals surface area contributed by atoms with Crippen molar-refractivity contribution in [1.82, 2.24) is 4.98 Å². The largest absolute Gasteiger partial charge is 0.478 e. The molecule has 5 nitrogen and oxygen atoms in total. The lowest BCUT2D eigenvalue weighted by atomic mass is 9.96. The van der Waals surface area contributed by atoms with Crippen LogP contribution in [0.5, 0.6) is 0 Å². The summed E-state index contributed by atoms with van der Waals surface area (Å²) in [6, 6.07) is 5.09. The number of fused-ring (bicyclic) bond motifs is 1. The van der Waals surface area contributed by atoms with E-state index in [1.54, 1.807) is 23.2 Å². The second-order valence-electron chi connectivity index (χ2n) is 4.91. The van der Waals surface area contributed by atoms with Crippen molar-refractivity contribution >= 4 is 28.9 Å². The molecular formula is C15H14N2O3S. The molecule has 0 saturated carbocycles. The lowest BCUT2D eigenvalue weighted by Gasteiger charge is -2.29. The number of carboxylic acids is 1. The number of benzene rings is 1. The number of nitrogens with zero attached hydrogens (tertiary/aromatic N) is 2.